The second-order valence-electron chi connectivity index (χ2n) is 2.73. The van der Waals surface area contributed by atoms with Crippen LogP contribution in [0.15, 0.2) is 48.7 Å². The highest BCUT2D eigenvalue weighted by Gasteiger charge is 1.98. The third-order valence-corrected chi connectivity index (χ3v) is 1.79. The fourth-order valence-electron chi connectivity index (χ4n) is 1.17. The lowest BCUT2D eigenvalue weighted by atomic mass is 10.1. The van der Waals surface area contributed by atoms with Gasteiger partial charge in [0.25, 0.3) is 0 Å². The Labute approximate surface area is 75.9 Å². The van der Waals surface area contributed by atoms with Crippen LogP contribution < -0.4 is 0 Å². The first-order chi connectivity index (χ1) is 6.36. The molecule has 1 aromatic carbocycles. The zero-order chi connectivity index (χ0) is 9.10. The van der Waals surface area contributed by atoms with E-state index in [1.54, 1.807) is 0 Å². The Morgan fingerprint density at radius 2 is 1.77 bits per heavy atom. The average Bonchev–Trinajstić information content (AvgIpc) is 2.19. The highest BCUT2D eigenvalue weighted by molar-refractivity contribution is 5.58. The standard InChI is InChI=1S/C11H8FN/c12-10-6-7-13-11(8-10)9-4-2-1-3-5-9/h1-8H. The van der Waals surface area contributed by atoms with Gasteiger partial charge >= 0.3 is 0 Å². The van der Waals surface area contributed by atoms with Crippen LogP contribution in [0, 0.1) is 5.82 Å². The van der Waals surface area contributed by atoms with Crippen molar-refractivity contribution in [3.8, 4) is 11.3 Å². The van der Waals surface area contributed by atoms with Crippen LogP contribution in [-0.2, 0) is 0 Å². The summed E-state index contributed by atoms with van der Waals surface area (Å²) < 4.78 is 12.8. The minimum atomic E-state index is -0.256. The first-order valence-electron chi connectivity index (χ1n) is 4.03. The second kappa shape index (κ2) is 3.35. The molecule has 0 spiro atoms. The molecular weight excluding hydrogens is 165 g/mol. The molecule has 1 nitrogen and oxygen atoms in total. The van der Waals surface area contributed by atoms with Gasteiger partial charge < -0.3 is 0 Å². The molecule has 0 amide bonds. The number of hydrogen-bond acceptors (Lipinski definition) is 1. The van der Waals surface area contributed by atoms with Gasteiger partial charge in [-0.15, -0.1) is 0 Å². The summed E-state index contributed by atoms with van der Waals surface area (Å²) in [4.78, 5) is 4.07. The van der Waals surface area contributed by atoms with E-state index < -0.39 is 0 Å². The van der Waals surface area contributed by atoms with E-state index >= 15 is 0 Å². The van der Waals surface area contributed by atoms with E-state index in [1.807, 2.05) is 30.3 Å². The van der Waals surface area contributed by atoms with E-state index in [0.717, 1.165) is 5.56 Å². The van der Waals surface area contributed by atoms with Gasteiger partial charge in [0.1, 0.15) is 5.82 Å². The van der Waals surface area contributed by atoms with E-state index in [4.69, 9.17) is 0 Å². The second-order valence-corrected chi connectivity index (χ2v) is 2.73. The largest absolute Gasteiger partial charge is 0.256 e. The Balaban J connectivity index is 2.48. The molecule has 0 saturated carbocycles. The van der Waals surface area contributed by atoms with Crippen molar-refractivity contribution in [2.24, 2.45) is 0 Å². The zero-order valence-corrected chi connectivity index (χ0v) is 6.94. The van der Waals surface area contributed by atoms with Gasteiger partial charge in [0, 0.05) is 17.8 Å². The van der Waals surface area contributed by atoms with Gasteiger partial charge in [0.2, 0.25) is 0 Å². The van der Waals surface area contributed by atoms with Crippen molar-refractivity contribution in [3.05, 3.63) is 54.5 Å². The van der Waals surface area contributed by atoms with Gasteiger partial charge in [-0.3, -0.25) is 4.98 Å². The van der Waals surface area contributed by atoms with Crippen molar-refractivity contribution >= 4 is 0 Å². The number of rotatable bonds is 1. The summed E-state index contributed by atoms with van der Waals surface area (Å²) in [7, 11) is 0. The summed E-state index contributed by atoms with van der Waals surface area (Å²) in [5, 5.41) is 0. The van der Waals surface area contributed by atoms with Crippen LogP contribution >= 0.6 is 0 Å². The van der Waals surface area contributed by atoms with Gasteiger partial charge in [-0.2, -0.15) is 0 Å². The molecule has 0 atom stereocenters. The summed E-state index contributed by atoms with van der Waals surface area (Å²) in [5.74, 6) is -0.256. The van der Waals surface area contributed by atoms with E-state index in [-0.39, 0.29) is 5.82 Å². The number of benzene rings is 1. The number of pyridine rings is 1. The maximum Gasteiger partial charge on any atom is 0.126 e. The maximum absolute atomic E-state index is 12.8. The van der Waals surface area contributed by atoms with Crippen LogP contribution in [-0.4, -0.2) is 4.98 Å². The summed E-state index contributed by atoms with van der Waals surface area (Å²) in [6.45, 7) is 0. The zero-order valence-electron chi connectivity index (χ0n) is 6.94. The molecule has 0 N–H and O–H groups in total. The quantitative estimate of drug-likeness (QED) is 0.646. The molecule has 1 heterocycles. The molecule has 0 bridgehead atoms. The van der Waals surface area contributed by atoms with E-state index in [1.165, 1.54) is 18.3 Å². The number of hydrogen-bond donors (Lipinski definition) is 0. The molecule has 2 heteroatoms. The van der Waals surface area contributed by atoms with Crippen molar-refractivity contribution in [2.75, 3.05) is 0 Å². The van der Waals surface area contributed by atoms with Gasteiger partial charge in [-0.05, 0) is 6.07 Å². The Hall–Kier alpha value is -1.70. The lowest BCUT2D eigenvalue weighted by Crippen LogP contribution is -1.83. The van der Waals surface area contributed by atoms with Gasteiger partial charge in [-0.25, -0.2) is 4.39 Å². The van der Waals surface area contributed by atoms with Crippen LogP contribution in [0.2, 0.25) is 0 Å². The molecule has 0 radical (unpaired) electrons. The number of halogens is 1. The van der Waals surface area contributed by atoms with Crippen LogP contribution in [0.5, 0.6) is 0 Å². The lowest BCUT2D eigenvalue weighted by Gasteiger charge is -1.98. The Morgan fingerprint density at radius 1 is 1.00 bits per heavy atom. The van der Waals surface area contributed by atoms with Crippen molar-refractivity contribution in [1.82, 2.24) is 4.98 Å². The molecule has 2 rings (SSSR count). The molecule has 0 fully saturated rings. The van der Waals surface area contributed by atoms with Crippen LogP contribution in [0.4, 0.5) is 4.39 Å². The molecule has 1 aromatic heterocycles. The van der Waals surface area contributed by atoms with Crippen molar-refractivity contribution in [1.29, 1.82) is 0 Å². The minimum Gasteiger partial charge on any atom is -0.256 e. The Bertz CT molecular complexity index is 398. The normalized spacial score (nSPS) is 9.92. The molecule has 0 saturated heterocycles. The van der Waals surface area contributed by atoms with Gasteiger partial charge in [-0.1, -0.05) is 30.3 Å². The highest BCUT2D eigenvalue weighted by atomic mass is 19.1. The molecule has 64 valence electrons. The fourth-order valence-corrected chi connectivity index (χ4v) is 1.17. The Kier molecular flexibility index (Phi) is 2.04. The summed E-state index contributed by atoms with van der Waals surface area (Å²) >= 11 is 0. The smallest absolute Gasteiger partial charge is 0.126 e. The number of nitrogens with zero attached hydrogens (tertiary/aromatic N) is 1. The SMILES string of the molecule is Fc1ccnc(-c2ccccc2)c1. The Morgan fingerprint density at radius 3 is 2.46 bits per heavy atom. The molecule has 0 aliphatic rings. The van der Waals surface area contributed by atoms with Crippen molar-refractivity contribution in [3.63, 3.8) is 0 Å². The monoisotopic (exact) mass is 173 g/mol. The molecule has 0 unspecified atom stereocenters. The number of aromatic nitrogens is 1. The predicted octanol–water partition coefficient (Wildman–Crippen LogP) is 2.89. The molecule has 13 heavy (non-hydrogen) atoms. The van der Waals surface area contributed by atoms with E-state index in [2.05, 4.69) is 4.98 Å². The fraction of sp³-hybridized carbons (Fsp3) is 0. The van der Waals surface area contributed by atoms with Crippen molar-refractivity contribution < 1.29 is 4.39 Å². The van der Waals surface area contributed by atoms with E-state index in [9.17, 15) is 4.39 Å². The van der Waals surface area contributed by atoms with Crippen molar-refractivity contribution in [2.45, 2.75) is 0 Å². The van der Waals surface area contributed by atoms with Crippen LogP contribution in [0.3, 0.4) is 0 Å². The minimum absolute atomic E-state index is 0.256. The summed E-state index contributed by atoms with van der Waals surface area (Å²) in [6, 6.07) is 12.3. The molecule has 0 aliphatic carbocycles. The average molecular weight is 173 g/mol. The van der Waals surface area contributed by atoms with Crippen LogP contribution in [0.25, 0.3) is 11.3 Å². The topological polar surface area (TPSA) is 12.9 Å². The lowest BCUT2D eigenvalue weighted by molar-refractivity contribution is 0.626. The molecule has 0 aliphatic heterocycles. The third kappa shape index (κ3) is 1.72. The molecular formula is C11H8FN. The summed E-state index contributed by atoms with van der Waals surface area (Å²) in [5.41, 5.74) is 1.60. The van der Waals surface area contributed by atoms with Gasteiger partial charge in [0.15, 0.2) is 0 Å². The maximum atomic E-state index is 12.8. The third-order valence-electron chi connectivity index (χ3n) is 1.79. The van der Waals surface area contributed by atoms with Gasteiger partial charge in [0.05, 0.1) is 5.69 Å². The summed E-state index contributed by atoms with van der Waals surface area (Å²) in [6.07, 6.45) is 1.47. The molecule has 2 aromatic rings. The van der Waals surface area contributed by atoms with E-state index in [0.29, 0.717) is 5.69 Å². The first-order valence-corrected chi connectivity index (χ1v) is 4.03. The van der Waals surface area contributed by atoms with Crippen LogP contribution in [0.1, 0.15) is 0 Å². The predicted molar refractivity (Wildman–Crippen MR) is 49.6 cm³/mol. The first kappa shape index (κ1) is 7.92. The highest BCUT2D eigenvalue weighted by Crippen LogP contribution is 2.15.